The van der Waals surface area contributed by atoms with Crippen molar-refractivity contribution in [2.24, 2.45) is 0 Å². The van der Waals surface area contributed by atoms with Crippen LogP contribution in [0, 0.1) is 27.7 Å². The Morgan fingerprint density at radius 2 is 1.29 bits per heavy atom. The predicted octanol–water partition coefficient (Wildman–Crippen LogP) is 7.34. The summed E-state index contributed by atoms with van der Waals surface area (Å²) in [5.41, 5.74) is 6.92. The molecule has 0 aliphatic carbocycles. The highest BCUT2D eigenvalue weighted by molar-refractivity contribution is 6.21. The van der Waals surface area contributed by atoms with Gasteiger partial charge in [0.1, 0.15) is 0 Å². The molecule has 0 amide bonds. The van der Waals surface area contributed by atoms with Crippen LogP contribution in [0.2, 0.25) is 0 Å². The summed E-state index contributed by atoms with van der Waals surface area (Å²) >= 11 is 6.72. The average Bonchev–Trinajstić information content (AvgIpc) is 2.44. The van der Waals surface area contributed by atoms with Gasteiger partial charge in [0.05, 0.1) is 5.38 Å². The van der Waals surface area contributed by atoms with E-state index in [9.17, 15) is 0 Å². The highest BCUT2D eigenvalue weighted by Crippen LogP contribution is 2.34. The van der Waals surface area contributed by atoms with Crippen LogP contribution >= 0.6 is 11.6 Å². The van der Waals surface area contributed by atoms with Crippen molar-refractivity contribution in [1.29, 1.82) is 0 Å². The highest BCUT2D eigenvalue weighted by atomic mass is 35.5. The molecule has 0 bridgehead atoms. The second-order valence-corrected chi connectivity index (χ2v) is 7.08. The minimum Gasteiger partial charge on any atom is -0.118 e. The van der Waals surface area contributed by atoms with Crippen LogP contribution < -0.4 is 0 Å². The van der Waals surface area contributed by atoms with E-state index >= 15 is 0 Å². The Morgan fingerprint density at radius 1 is 0.810 bits per heavy atom. The maximum Gasteiger partial charge on any atom is 0.0590 e. The van der Waals surface area contributed by atoms with Gasteiger partial charge < -0.3 is 0 Å². The summed E-state index contributed by atoms with van der Waals surface area (Å²) < 4.78 is 0. The second-order valence-electron chi connectivity index (χ2n) is 6.55. The largest absolute Gasteiger partial charge is 0.118 e. The molecule has 0 aliphatic rings. The molecule has 1 heteroatoms. The highest BCUT2D eigenvalue weighted by Gasteiger charge is 2.16. The standard InChI is InChI=1S/C20H33Cl/c1-6-7-8-9-10-11-12-13-19(21)20-17(4)15(2)14-16(3)18(20)5/h14,19H,6-13H2,1-5H3. The molecular formula is C20H33Cl. The molecule has 1 unspecified atom stereocenters. The van der Waals surface area contributed by atoms with Crippen molar-refractivity contribution >= 4 is 11.6 Å². The first kappa shape index (κ1) is 18.6. The van der Waals surface area contributed by atoms with E-state index in [1.165, 1.54) is 72.8 Å². The van der Waals surface area contributed by atoms with E-state index in [1.807, 2.05) is 0 Å². The van der Waals surface area contributed by atoms with Gasteiger partial charge in [-0.1, -0.05) is 57.9 Å². The topological polar surface area (TPSA) is 0 Å². The number of aryl methyl sites for hydroxylation is 2. The monoisotopic (exact) mass is 308 g/mol. The summed E-state index contributed by atoms with van der Waals surface area (Å²) in [5.74, 6) is 0. The number of alkyl halides is 1. The Labute approximate surface area is 137 Å². The molecule has 21 heavy (non-hydrogen) atoms. The summed E-state index contributed by atoms with van der Waals surface area (Å²) in [6.07, 6.45) is 10.6. The van der Waals surface area contributed by atoms with Crippen LogP contribution in [-0.4, -0.2) is 0 Å². The third-order valence-corrected chi connectivity index (χ3v) is 5.23. The van der Waals surface area contributed by atoms with Crippen molar-refractivity contribution < 1.29 is 0 Å². The van der Waals surface area contributed by atoms with E-state index in [2.05, 4.69) is 40.7 Å². The van der Waals surface area contributed by atoms with Gasteiger partial charge in [0.2, 0.25) is 0 Å². The lowest BCUT2D eigenvalue weighted by Crippen LogP contribution is -2.02. The molecule has 0 heterocycles. The molecule has 1 aromatic rings. The summed E-state index contributed by atoms with van der Waals surface area (Å²) in [7, 11) is 0. The zero-order valence-electron chi connectivity index (χ0n) is 14.7. The van der Waals surface area contributed by atoms with Crippen molar-refractivity contribution in [3.05, 3.63) is 33.9 Å². The Kier molecular flexibility index (Phi) is 8.41. The molecule has 1 atom stereocenters. The maximum absolute atomic E-state index is 6.72. The SMILES string of the molecule is CCCCCCCCCC(Cl)c1c(C)c(C)cc(C)c1C. The number of halogens is 1. The number of hydrogen-bond acceptors (Lipinski definition) is 0. The first-order chi connectivity index (χ1) is 9.99. The molecule has 1 rings (SSSR count). The fourth-order valence-corrected chi connectivity index (χ4v) is 3.62. The van der Waals surface area contributed by atoms with Crippen LogP contribution in [0.25, 0.3) is 0 Å². The molecule has 0 saturated carbocycles. The van der Waals surface area contributed by atoms with Gasteiger partial charge >= 0.3 is 0 Å². The predicted molar refractivity (Wildman–Crippen MR) is 96.6 cm³/mol. The number of unbranched alkanes of at least 4 members (excludes halogenated alkanes) is 6. The first-order valence-corrected chi connectivity index (χ1v) is 9.14. The van der Waals surface area contributed by atoms with Crippen LogP contribution in [0.4, 0.5) is 0 Å². The lowest BCUT2D eigenvalue weighted by atomic mass is 9.90. The number of benzene rings is 1. The van der Waals surface area contributed by atoms with E-state index in [1.54, 1.807) is 0 Å². The molecule has 1 aromatic carbocycles. The molecule has 0 fully saturated rings. The minimum absolute atomic E-state index is 0.180. The van der Waals surface area contributed by atoms with E-state index in [0.29, 0.717) is 0 Å². The molecule has 0 N–H and O–H groups in total. The van der Waals surface area contributed by atoms with Crippen molar-refractivity contribution in [1.82, 2.24) is 0 Å². The van der Waals surface area contributed by atoms with E-state index in [4.69, 9.17) is 11.6 Å². The van der Waals surface area contributed by atoms with E-state index in [0.717, 1.165) is 6.42 Å². The molecule has 0 radical (unpaired) electrons. The van der Waals surface area contributed by atoms with Gasteiger partial charge in [-0.05, 0) is 61.9 Å². The molecule has 120 valence electrons. The number of hydrogen-bond donors (Lipinski definition) is 0. The first-order valence-electron chi connectivity index (χ1n) is 8.70. The van der Waals surface area contributed by atoms with E-state index in [-0.39, 0.29) is 5.38 Å². The Bertz CT molecular complexity index is 408. The van der Waals surface area contributed by atoms with Crippen LogP contribution in [0.3, 0.4) is 0 Å². The summed E-state index contributed by atoms with van der Waals surface area (Å²) in [6.45, 7) is 11.1. The van der Waals surface area contributed by atoms with Gasteiger partial charge in [-0.3, -0.25) is 0 Å². The van der Waals surface area contributed by atoms with Crippen molar-refractivity contribution in [3.8, 4) is 0 Å². The normalized spacial score (nSPS) is 12.7. The Hall–Kier alpha value is -0.490. The average molecular weight is 309 g/mol. The van der Waals surface area contributed by atoms with Gasteiger partial charge in [-0.25, -0.2) is 0 Å². The quantitative estimate of drug-likeness (QED) is 0.330. The zero-order chi connectivity index (χ0) is 15.8. The van der Waals surface area contributed by atoms with Gasteiger partial charge in [0.25, 0.3) is 0 Å². The lowest BCUT2D eigenvalue weighted by Gasteiger charge is -2.19. The van der Waals surface area contributed by atoms with Gasteiger partial charge in [0, 0.05) is 0 Å². The van der Waals surface area contributed by atoms with Crippen LogP contribution in [0.5, 0.6) is 0 Å². The zero-order valence-corrected chi connectivity index (χ0v) is 15.4. The van der Waals surface area contributed by atoms with Crippen LogP contribution in [0.15, 0.2) is 6.07 Å². The molecule has 0 aromatic heterocycles. The summed E-state index contributed by atoms with van der Waals surface area (Å²) in [6, 6.07) is 2.28. The molecule has 0 spiro atoms. The molecule has 0 nitrogen and oxygen atoms in total. The van der Waals surface area contributed by atoms with E-state index < -0.39 is 0 Å². The lowest BCUT2D eigenvalue weighted by molar-refractivity contribution is 0.571. The van der Waals surface area contributed by atoms with Crippen molar-refractivity contribution in [3.63, 3.8) is 0 Å². The Balaban J connectivity index is 2.47. The van der Waals surface area contributed by atoms with Crippen molar-refractivity contribution in [2.45, 2.75) is 91.4 Å². The fraction of sp³-hybridized carbons (Fsp3) is 0.700. The minimum atomic E-state index is 0.180. The van der Waals surface area contributed by atoms with Gasteiger partial charge in [-0.15, -0.1) is 11.6 Å². The molecular weight excluding hydrogens is 276 g/mol. The molecule has 0 aliphatic heterocycles. The van der Waals surface area contributed by atoms with Crippen molar-refractivity contribution in [2.75, 3.05) is 0 Å². The third kappa shape index (κ3) is 5.66. The summed E-state index contributed by atoms with van der Waals surface area (Å²) in [4.78, 5) is 0. The second kappa shape index (κ2) is 9.51. The smallest absolute Gasteiger partial charge is 0.0590 e. The summed E-state index contributed by atoms with van der Waals surface area (Å²) in [5, 5.41) is 0.180. The molecule has 0 saturated heterocycles. The maximum atomic E-state index is 6.72. The third-order valence-electron chi connectivity index (χ3n) is 4.80. The van der Waals surface area contributed by atoms with Gasteiger partial charge in [-0.2, -0.15) is 0 Å². The van der Waals surface area contributed by atoms with Crippen LogP contribution in [-0.2, 0) is 0 Å². The van der Waals surface area contributed by atoms with Gasteiger partial charge in [0.15, 0.2) is 0 Å². The Morgan fingerprint density at radius 3 is 1.81 bits per heavy atom. The fourth-order valence-electron chi connectivity index (χ4n) is 3.14. The van der Waals surface area contributed by atoms with Crippen LogP contribution in [0.1, 0.15) is 91.5 Å². The number of rotatable bonds is 9.